The summed E-state index contributed by atoms with van der Waals surface area (Å²) >= 11 is 0. The monoisotopic (exact) mass is 485 g/mol. The van der Waals surface area contributed by atoms with Gasteiger partial charge in [-0.25, -0.2) is 19.8 Å². The number of hydrogen-bond donors (Lipinski definition) is 3. The maximum absolute atomic E-state index is 13.4. The number of benzene rings is 1. The first-order valence-corrected chi connectivity index (χ1v) is 11.0. The number of furan rings is 1. The molecule has 13 heteroatoms. The third-order valence-corrected chi connectivity index (χ3v) is 5.74. The molecule has 4 rings (SSSR count). The van der Waals surface area contributed by atoms with Gasteiger partial charge >= 0.3 is 17.9 Å². The average Bonchev–Trinajstić information content (AvgIpc) is 3.24. The van der Waals surface area contributed by atoms with E-state index in [1.54, 1.807) is 24.3 Å². The van der Waals surface area contributed by atoms with Gasteiger partial charge in [-0.1, -0.05) is 18.2 Å². The maximum atomic E-state index is 13.4. The van der Waals surface area contributed by atoms with Crippen LogP contribution in [-0.2, 0) is 19.2 Å². The van der Waals surface area contributed by atoms with Crippen molar-refractivity contribution in [3.05, 3.63) is 36.1 Å². The van der Waals surface area contributed by atoms with Crippen molar-refractivity contribution in [2.24, 2.45) is 0 Å². The highest BCUT2D eigenvalue weighted by molar-refractivity contribution is 5.98. The number of fused-ring (bicyclic) bond motifs is 2. The van der Waals surface area contributed by atoms with Crippen LogP contribution in [0.1, 0.15) is 36.2 Å². The van der Waals surface area contributed by atoms with Crippen LogP contribution < -0.4 is 10.7 Å². The van der Waals surface area contributed by atoms with E-state index in [1.165, 1.54) is 6.07 Å². The van der Waals surface area contributed by atoms with Crippen molar-refractivity contribution in [1.82, 2.24) is 25.8 Å². The summed E-state index contributed by atoms with van der Waals surface area (Å²) in [6.45, 7) is 0.0485. The molecular formula is C22H23N5O8. The zero-order valence-corrected chi connectivity index (χ0v) is 18.5. The number of nitrogens with one attached hydrogen (secondary N) is 2. The Balaban J connectivity index is 1.54. The zero-order valence-electron chi connectivity index (χ0n) is 18.5. The van der Waals surface area contributed by atoms with Gasteiger partial charge in [-0.3, -0.25) is 24.6 Å². The molecule has 2 fully saturated rings. The molecule has 0 aliphatic carbocycles. The quantitative estimate of drug-likeness (QED) is 0.469. The van der Waals surface area contributed by atoms with Crippen LogP contribution in [0.15, 0.2) is 34.7 Å². The molecule has 2 aliphatic rings. The van der Waals surface area contributed by atoms with Crippen molar-refractivity contribution in [2.75, 3.05) is 13.1 Å². The predicted molar refractivity (Wildman–Crippen MR) is 117 cm³/mol. The fourth-order valence-corrected chi connectivity index (χ4v) is 4.09. The van der Waals surface area contributed by atoms with Crippen molar-refractivity contribution in [3.8, 4) is 0 Å². The number of hydrogen-bond acceptors (Lipinski definition) is 7. The van der Waals surface area contributed by atoms with Crippen LogP contribution in [0.4, 0.5) is 4.79 Å². The molecule has 35 heavy (non-hydrogen) atoms. The Morgan fingerprint density at radius 3 is 2.69 bits per heavy atom. The molecule has 3 heterocycles. The van der Waals surface area contributed by atoms with Crippen LogP contribution in [0.5, 0.6) is 0 Å². The Hall–Kier alpha value is -4.42. The fraction of sp³-hybridized carbons (Fsp3) is 0.364. The third-order valence-electron chi connectivity index (χ3n) is 5.74. The molecule has 1 aromatic carbocycles. The van der Waals surface area contributed by atoms with E-state index in [-0.39, 0.29) is 31.7 Å². The molecular weight excluding hydrogens is 462 g/mol. The lowest BCUT2D eigenvalue weighted by molar-refractivity contribution is -0.155. The van der Waals surface area contributed by atoms with E-state index >= 15 is 0 Å². The largest absolute Gasteiger partial charge is 0.481 e. The number of hydrazine groups is 2. The van der Waals surface area contributed by atoms with Crippen LogP contribution in [0.2, 0.25) is 0 Å². The third kappa shape index (κ3) is 4.93. The molecule has 2 unspecified atom stereocenters. The van der Waals surface area contributed by atoms with Crippen LogP contribution in [0, 0.1) is 0 Å². The summed E-state index contributed by atoms with van der Waals surface area (Å²) in [7, 11) is 0. The Morgan fingerprint density at radius 1 is 1.20 bits per heavy atom. The molecule has 0 radical (unpaired) electrons. The number of amides is 5. The Kier molecular flexibility index (Phi) is 6.66. The second-order valence-corrected chi connectivity index (χ2v) is 8.14. The Morgan fingerprint density at radius 2 is 1.97 bits per heavy atom. The second kappa shape index (κ2) is 9.83. The number of carbonyl (C=O) groups excluding carboxylic acids is 5. The van der Waals surface area contributed by atoms with Crippen molar-refractivity contribution in [2.45, 2.75) is 37.8 Å². The summed E-state index contributed by atoms with van der Waals surface area (Å²) in [5.41, 5.74) is 2.93. The molecule has 2 aromatic rings. The van der Waals surface area contributed by atoms with Crippen LogP contribution in [-0.4, -0.2) is 81.3 Å². The number of aldehydes is 1. The van der Waals surface area contributed by atoms with E-state index in [4.69, 9.17) is 9.52 Å². The van der Waals surface area contributed by atoms with E-state index in [9.17, 15) is 28.8 Å². The van der Waals surface area contributed by atoms with Gasteiger partial charge in [-0.2, -0.15) is 0 Å². The SMILES string of the molecule is O=CC(CC(=O)O)NC(=O)C1CCCN2C(=O)CCN(NC(=O)c3cc4ccccc4o3)C(=O)N12. The normalized spacial score (nSPS) is 19.1. The zero-order chi connectivity index (χ0) is 25.1. The van der Waals surface area contributed by atoms with Crippen molar-refractivity contribution < 1.29 is 38.3 Å². The van der Waals surface area contributed by atoms with Gasteiger partial charge in [0.1, 0.15) is 17.9 Å². The van der Waals surface area contributed by atoms with Gasteiger partial charge in [-0.15, -0.1) is 0 Å². The van der Waals surface area contributed by atoms with Gasteiger partial charge in [0.05, 0.1) is 19.0 Å². The van der Waals surface area contributed by atoms with Gasteiger partial charge in [0, 0.05) is 18.4 Å². The fourth-order valence-electron chi connectivity index (χ4n) is 4.09. The smallest absolute Gasteiger partial charge is 0.358 e. The van der Waals surface area contributed by atoms with E-state index in [0.29, 0.717) is 23.7 Å². The van der Waals surface area contributed by atoms with Crippen LogP contribution >= 0.6 is 0 Å². The number of carboxylic acids is 1. The van der Waals surface area contributed by atoms with E-state index < -0.39 is 48.2 Å². The number of urea groups is 1. The molecule has 3 N–H and O–H groups in total. The van der Waals surface area contributed by atoms with Gasteiger partial charge in [-0.05, 0) is 25.0 Å². The molecule has 5 amide bonds. The van der Waals surface area contributed by atoms with Crippen molar-refractivity contribution in [1.29, 1.82) is 0 Å². The Bertz CT molecular complexity index is 1160. The summed E-state index contributed by atoms with van der Waals surface area (Å²) in [6.07, 6.45) is 0.141. The highest BCUT2D eigenvalue weighted by Gasteiger charge is 2.44. The summed E-state index contributed by atoms with van der Waals surface area (Å²) in [5, 5.41) is 15.0. The topological polar surface area (TPSA) is 170 Å². The molecule has 184 valence electrons. The highest BCUT2D eigenvalue weighted by Crippen LogP contribution is 2.24. The first kappa shape index (κ1) is 23.7. The summed E-state index contributed by atoms with van der Waals surface area (Å²) in [5.74, 6) is -3.24. The maximum Gasteiger partial charge on any atom is 0.358 e. The predicted octanol–water partition coefficient (Wildman–Crippen LogP) is 0.270. The molecule has 2 saturated heterocycles. The summed E-state index contributed by atoms with van der Waals surface area (Å²) in [4.78, 5) is 73.9. The minimum Gasteiger partial charge on any atom is -0.481 e. The number of rotatable bonds is 7. The molecule has 13 nitrogen and oxygen atoms in total. The number of nitrogens with zero attached hydrogens (tertiary/aromatic N) is 3. The number of carbonyl (C=O) groups is 6. The first-order chi connectivity index (χ1) is 16.8. The number of carboxylic acid groups (broad SMARTS) is 1. The van der Waals surface area contributed by atoms with Crippen molar-refractivity contribution >= 4 is 47.0 Å². The van der Waals surface area contributed by atoms with Crippen LogP contribution in [0.3, 0.4) is 0 Å². The van der Waals surface area contributed by atoms with E-state index in [1.807, 2.05) is 0 Å². The molecule has 0 bridgehead atoms. The lowest BCUT2D eigenvalue weighted by Crippen LogP contribution is -2.64. The lowest BCUT2D eigenvalue weighted by Gasteiger charge is -2.42. The van der Waals surface area contributed by atoms with Gasteiger partial charge in [0.25, 0.3) is 0 Å². The van der Waals surface area contributed by atoms with Gasteiger partial charge < -0.3 is 19.6 Å². The highest BCUT2D eigenvalue weighted by atomic mass is 16.4. The van der Waals surface area contributed by atoms with E-state index in [2.05, 4.69) is 10.7 Å². The summed E-state index contributed by atoms with van der Waals surface area (Å²) < 4.78 is 5.53. The molecule has 0 saturated carbocycles. The average molecular weight is 485 g/mol. The number of para-hydroxylation sites is 1. The lowest BCUT2D eigenvalue weighted by atomic mass is 10.1. The Labute approximate surface area is 198 Å². The minimum absolute atomic E-state index is 0.0399. The first-order valence-electron chi connectivity index (χ1n) is 11.0. The molecule has 0 spiro atoms. The van der Waals surface area contributed by atoms with Gasteiger partial charge in [0.15, 0.2) is 5.76 Å². The van der Waals surface area contributed by atoms with E-state index in [0.717, 1.165) is 15.0 Å². The van der Waals surface area contributed by atoms with Gasteiger partial charge in [0.2, 0.25) is 11.8 Å². The molecule has 2 aliphatic heterocycles. The van der Waals surface area contributed by atoms with Crippen LogP contribution in [0.25, 0.3) is 11.0 Å². The molecule has 1 aromatic heterocycles. The second-order valence-electron chi connectivity index (χ2n) is 8.14. The summed E-state index contributed by atoms with van der Waals surface area (Å²) in [6, 6.07) is 5.21. The standard InChI is InChI=1S/C22H23N5O8/c28-12-14(11-19(30)31)23-20(32)15-5-3-8-26-18(29)7-9-25(22(34)27(15)26)24-21(33)17-10-13-4-1-2-6-16(13)35-17/h1-2,4,6,10,12,14-15H,3,5,7-9,11H2,(H,23,32)(H,24,33)(H,30,31). The minimum atomic E-state index is -1.29. The molecule has 2 atom stereocenters. The number of aliphatic carboxylic acids is 1. The van der Waals surface area contributed by atoms with Crippen molar-refractivity contribution in [3.63, 3.8) is 0 Å².